The Balaban J connectivity index is 1.60. The summed E-state index contributed by atoms with van der Waals surface area (Å²) >= 11 is 0. The predicted molar refractivity (Wildman–Crippen MR) is 72.1 cm³/mol. The topological polar surface area (TPSA) is 47.3 Å². The van der Waals surface area contributed by atoms with Crippen molar-refractivity contribution >= 4 is 0 Å². The molecular formula is C15H18N2O2. The van der Waals surface area contributed by atoms with Gasteiger partial charge in [0, 0.05) is 25.4 Å². The number of aromatic nitrogens is 2. The number of rotatable bonds is 4. The van der Waals surface area contributed by atoms with E-state index in [1.807, 2.05) is 29.9 Å². The van der Waals surface area contributed by atoms with Crippen molar-refractivity contribution in [1.29, 1.82) is 0 Å². The molecule has 3 rings (SSSR count). The van der Waals surface area contributed by atoms with Gasteiger partial charge in [0.2, 0.25) is 0 Å². The van der Waals surface area contributed by atoms with Crippen molar-refractivity contribution in [3.63, 3.8) is 0 Å². The first-order valence-corrected chi connectivity index (χ1v) is 6.64. The van der Waals surface area contributed by atoms with Crippen LogP contribution < -0.4 is 4.74 Å². The highest BCUT2D eigenvalue weighted by atomic mass is 16.5. The molecule has 0 bridgehead atoms. The Kier molecular flexibility index (Phi) is 3.25. The van der Waals surface area contributed by atoms with Gasteiger partial charge in [-0.3, -0.25) is 4.68 Å². The number of ether oxygens (including phenoxy) is 1. The van der Waals surface area contributed by atoms with E-state index in [4.69, 9.17) is 4.74 Å². The molecule has 0 spiro atoms. The van der Waals surface area contributed by atoms with Gasteiger partial charge < -0.3 is 9.84 Å². The average Bonchev–Trinajstić information content (AvgIpc) is 2.97. The minimum Gasteiger partial charge on any atom is -0.493 e. The Hall–Kier alpha value is -1.81. The summed E-state index contributed by atoms with van der Waals surface area (Å²) in [5.41, 5.74) is 3.43. The average molecular weight is 258 g/mol. The summed E-state index contributed by atoms with van der Waals surface area (Å²) in [5, 5.41) is 13.9. The van der Waals surface area contributed by atoms with E-state index in [1.54, 1.807) is 6.20 Å². The molecule has 0 radical (unpaired) electrons. The van der Waals surface area contributed by atoms with Gasteiger partial charge in [0.1, 0.15) is 5.75 Å². The quantitative estimate of drug-likeness (QED) is 0.912. The lowest BCUT2D eigenvalue weighted by Crippen LogP contribution is -2.06. The second kappa shape index (κ2) is 5.05. The van der Waals surface area contributed by atoms with Crippen LogP contribution in [-0.2, 0) is 19.9 Å². The number of hydrogen-bond acceptors (Lipinski definition) is 3. The molecule has 1 aliphatic rings. The Labute approximate surface area is 112 Å². The third-order valence-corrected chi connectivity index (χ3v) is 3.71. The first-order chi connectivity index (χ1) is 9.24. The molecule has 0 saturated heterocycles. The minimum absolute atomic E-state index is 0.293. The van der Waals surface area contributed by atoms with Crippen LogP contribution in [0.25, 0.3) is 0 Å². The van der Waals surface area contributed by atoms with E-state index in [1.165, 1.54) is 5.56 Å². The van der Waals surface area contributed by atoms with E-state index in [0.717, 1.165) is 36.3 Å². The molecule has 1 atom stereocenters. The number of aliphatic hydroxyl groups excluding tert-OH is 1. The van der Waals surface area contributed by atoms with Crippen molar-refractivity contribution in [2.75, 3.05) is 6.61 Å². The molecular weight excluding hydrogens is 240 g/mol. The molecule has 1 aliphatic carbocycles. The molecule has 1 unspecified atom stereocenters. The number of fused-ring (bicyclic) bond motifs is 1. The van der Waals surface area contributed by atoms with Gasteiger partial charge >= 0.3 is 0 Å². The molecule has 1 heterocycles. The number of benzene rings is 1. The van der Waals surface area contributed by atoms with Crippen LogP contribution in [-0.4, -0.2) is 21.5 Å². The summed E-state index contributed by atoms with van der Waals surface area (Å²) in [6, 6.07) is 7.97. The third-order valence-electron chi connectivity index (χ3n) is 3.71. The van der Waals surface area contributed by atoms with Crippen LogP contribution in [0.15, 0.2) is 30.5 Å². The third kappa shape index (κ3) is 2.49. The Morgan fingerprint density at radius 1 is 1.42 bits per heavy atom. The molecule has 100 valence electrons. The van der Waals surface area contributed by atoms with Crippen molar-refractivity contribution in [2.24, 2.45) is 7.05 Å². The Morgan fingerprint density at radius 3 is 3.11 bits per heavy atom. The standard InChI is InChI=1S/C15H18N2O2/c1-17-12(6-8-16-17)7-9-19-13-3-4-14-11(10-13)2-5-15(14)18/h3-4,6,8,10,15,18H,2,5,7,9H2,1H3. The van der Waals surface area contributed by atoms with Crippen molar-refractivity contribution in [2.45, 2.75) is 25.4 Å². The van der Waals surface area contributed by atoms with Crippen molar-refractivity contribution in [1.82, 2.24) is 9.78 Å². The van der Waals surface area contributed by atoms with E-state index in [0.29, 0.717) is 6.61 Å². The molecule has 0 fully saturated rings. The van der Waals surface area contributed by atoms with Crippen molar-refractivity contribution < 1.29 is 9.84 Å². The normalized spacial score (nSPS) is 17.5. The smallest absolute Gasteiger partial charge is 0.119 e. The lowest BCUT2D eigenvalue weighted by molar-refractivity contribution is 0.180. The highest BCUT2D eigenvalue weighted by Crippen LogP contribution is 2.33. The Morgan fingerprint density at radius 2 is 2.32 bits per heavy atom. The van der Waals surface area contributed by atoms with Crippen LogP contribution in [0.4, 0.5) is 0 Å². The summed E-state index contributed by atoms with van der Waals surface area (Å²) in [6.07, 6.45) is 4.12. The molecule has 1 aromatic heterocycles. The minimum atomic E-state index is -0.293. The lowest BCUT2D eigenvalue weighted by Gasteiger charge is -2.09. The second-order valence-electron chi connectivity index (χ2n) is 4.96. The van der Waals surface area contributed by atoms with Gasteiger partial charge in [0.25, 0.3) is 0 Å². The number of aliphatic hydroxyl groups is 1. The summed E-state index contributed by atoms with van der Waals surface area (Å²) in [5.74, 6) is 0.884. The van der Waals surface area contributed by atoms with Gasteiger partial charge in [0.15, 0.2) is 0 Å². The monoisotopic (exact) mass is 258 g/mol. The zero-order chi connectivity index (χ0) is 13.2. The number of nitrogens with zero attached hydrogens (tertiary/aromatic N) is 2. The van der Waals surface area contributed by atoms with E-state index in [-0.39, 0.29) is 6.10 Å². The van der Waals surface area contributed by atoms with Crippen LogP contribution in [0.3, 0.4) is 0 Å². The molecule has 0 saturated carbocycles. The lowest BCUT2D eigenvalue weighted by atomic mass is 10.1. The zero-order valence-corrected chi connectivity index (χ0v) is 11.0. The predicted octanol–water partition coefficient (Wildman–Crippen LogP) is 2.02. The van der Waals surface area contributed by atoms with Gasteiger partial charge in [0.05, 0.1) is 12.7 Å². The van der Waals surface area contributed by atoms with E-state index < -0.39 is 0 Å². The van der Waals surface area contributed by atoms with E-state index >= 15 is 0 Å². The van der Waals surface area contributed by atoms with E-state index in [2.05, 4.69) is 11.2 Å². The van der Waals surface area contributed by atoms with Gasteiger partial charge in [-0.2, -0.15) is 5.10 Å². The van der Waals surface area contributed by atoms with Crippen LogP contribution in [0.2, 0.25) is 0 Å². The molecule has 2 aromatic rings. The van der Waals surface area contributed by atoms with Crippen molar-refractivity contribution in [3.8, 4) is 5.75 Å². The molecule has 1 N–H and O–H groups in total. The van der Waals surface area contributed by atoms with Gasteiger partial charge in [-0.15, -0.1) is 0 Å². The molecule has 1 aromatic carbocycles. The SMILES string of the molecule is Cn1nccc1CCOc1ccc2c(c1)CCC2O. The summed E-state index contributed by atoms with van der Waals surface area (Å²) in [7, 11) is 1.94. The van der Waals surface area contributed by atoms with Gasteiger partial charge in [-0.05, 0) is 42.2 Å². The molecule has 19 heavy (non-hydrogen) atoms. The fourth-order valence-electron chi connectivity index (χ4n) is 2.58. The highest BCUT2D eigenvalue weighted by Gasteiger charge is 2.20. The maximum atomic E-state index is 9.75. The van der Waals surface area contributed by atoms with Crippen molar-refractivity contribution in [3.05, 3.63) is 47.3 Å². The summed E-state index contributed by atoms with van der Waals surface area (Å²) in [4.78, 5) is 0. The number of hydrogen-bond donors (Lipinski definition) is 1. The van der Waals surface area contributed by atoms with Crippen LogP contribution in [0, 0.1) is 0 Å². The zero-order valence-electron chi connectivity index (χ0n) is 11.0. The van der Waals surface area contributed by atoms with Crippen LogP contribution >= 0.6 is 0 Å². The van der Waals surface area contributed by atoms with Crippen LogP contribution in [0.1, 0.15) is 29.3 Å². The molecule has 4 nitrogen and oxygen atoms in total. The van der Waals surface area contributed by atoms with Crippen LogP contribution in [0.5, 0.6) is 5.75 Å². The highest BCUT2D eigenvalue weighted by molar-refractivity contribution is 5.39. The molecule has 4 heteroatoms. The fraction of sp³-hybridized carbons (Fsp3) is 0.400. The van der Waals surface area contributed by atoms with Gasteiger partial charge in [-0.25, -0.2) is 0 Å². The summed E-state index contributed by atoms with van der Waals surface area (Å²) in [6.45, 7) is 0.640. The maximum absolute atomic E-state index is 9.75. The first kappa shape index (κ1) is 12.2. The first-order valence-electron chi connectivity index (χ1n) is 6.64. The fourth-order valence-corrected chi connectivity index (χ4v) is 2.58. The summed E-state index contributed by atoms with van der Waals surface area (Å²) < 4.78 is 7.64. The van der Waals surface area contributed by atoms with Gasteiger partial charge in [-0.1, -0.05) is 6.07 Å². The van der Waals surface area contributed by atoms with E-state index in [9.17, 15) is 5.11 Å². The maximum Gasteiger partial charge on any atom is 0.119 e. The number of aryl methyl sites for hydroxylation is 2. The largest absolute Gasteiger partial charge is 0.493 e. The Bertz CT molecular complexity index is 577. The molecule has 0 amide bonds. The second-order valence-corrected chi connectivity index (χ2v) is 4.96. The molecule has 0 aliphatic heterocycles.